The maximum absolute atomic E-state index is 12.4. The molecule has 0 unspecified atom stereocenters. The summed E-state index contributed by atoms with van der Waals surface area (Å²) in [5, 5.41) is 8.56. The van der Waals surface area contributed by atoms with Crippen LogP contribution in [0.5, 0.6) is 11.5 Å². The fourth-order valence-electron chi connectivity index (χ4n) is 3.14. The predicted molar refractivity (Wildman–Crippen MR) is 120 cm³/mol. The Balaban J connectivity index is 1.80. The lowest BCUT2D eigenvalue weighted by molar-refractivity contribution is 0.0864. The number of hydrogen-bond donors (Lipinski definition) is 3. The molecular formula is C22H26ClN5O2. The summed E-state index contributed by atoms with van der Waals surface area (Å²) in [6.45, 7) is 7.22. The van der Waals surface area contributed by atoms with Gasteiger partial charge in [-0.1, -0.05) is 37.6 Å². The third-order valence-electron chi connectivity index (χ3n) is 5.02. The van der Waals surface area contributed by atoms with E-state index in [0.717, 1.165) is 24.5 Å². The lowest BCUT2D eigenvalue weighted by Crippen LogP contribution is -2.38. The number of nitrogens with zero attached hydrogens (tertiary/aromatic N) is 2. The maximum Gasteiger partial charge on any atom is 0.276 e. The molecule has 4 N–H and O–H groups in total. The molecule has 158 valence electrons. The second-order valence-electron chi connectivity index (χ2n) is 7.01. The Hall–Kier alpha value is -3.03. The van der Waals surface area contributed by atoms with E-state index in [4.69, 9.17) is 27.5 Å². The minimum Gasteiger partial charge on any atom is -0.457 e. The molecular weight excluding hydrogens is 402 g/mol. The number of halogens is 1. The molecule has 30 heavy (non-hydrogen) atoms. The first-order valence-electron chi connectivity index (χ1n) is 9.75. The van der Waals surface area contributed by atoms with Gasteiger partial charge >= 0.3 is 0 Å². The molecule has 0 bridgehead atoms. The average Bonchev–Trinajstić information content (AvgIpc) is 3.16. The number of amides is 1. The van der Waals surface area contributed by atoms with Crippen molar-refractivity contribution in [2.45, 2.75) is 20.4 Å². The summed E-state index contributed by atoms with van der Waals surface area (Å²) in [6, 6.07) is 13.1. The molecule has 0 saturated heterocycles. The number of carbonyl (C=O) groups excluding carboxylic acids is 1. The zero-order valence-electron chi connectivity index (χ0n) is 17.3. The topological polar surface area (TPSA) is 98.4 Å². The molecule has 3 aromatic rings. The largest absolute Gasteiger partial charge is 0.457 e. The second kappa shape index (κ2) is 9.19. The van der Waals surface area contributed by atoms with Crippen LogP contribution in [0.2, 0.25) is 5.02 Å². The van der Waals surface area contributed by atoms with Gasteiger partial charge in [0.15, 0.2) is 5.96 Å². The Morgan fingerprint density at radius 1 is 1.13 bits per heavy atom. The van der Waals surface area contributed by atoms with Crippen LogP contribution in [0, 0.1) is 5.41 Å². The van der Waals surface area contributed by atoms with E-state index >= 15 is 0 Å². The van der Waals surface area contributed by atoms with Crippen molar-refractivity contribution in [3.8, 4) is 11.5 Å². The molecule has 8 heteroatoms. The third-order valence-corrected chi connectivity index (χ3v) is 5.33. The van der Waals surface area contributed by atoms with Crippen LogP contribution >= 0.6 is 11.6 Å². The number of carbonyl (C=O) groups is 1. The van der Waals surface area contributed by atoms with Crippen molar-refractivity contribution in [1.29, 1.82) is 5.41 Å². The summed E-state index contributed by atoms with van der Waals surface area (Å²) in [5.74, 6) is 0.511. The van der Waals surface area contributed by atoms with Gasteiger partial charge in [0.05, 0.1) is 10.5 Å². The number of nitrogens with one attached hydrogen (secondary N) is 2. The number of aromatic amines is 1. The van der Waals surface area contributed by atoms with Crippen LogP contribution in [0.25, 0.3) is 10.9 Å². The van der Waals surface area contributed by atoms with Crippen molar-refractivity contribution in [2.75, 3.05) is 20.1 Å². The number of hydrogen-bond acceptors (Lipinski definition) is 4. The Morgan fingerprint density at radius 3 is 2.40 bits per heavy atom. The van der Waals surface area contributed by atoms with Crippen molar-refractivity contribution in [3.63, 3.8) is 0 Å². The maximum atomic E-state index is 12.4. The van der Waals surface area contributed by atoms with E-state index < -0.39 is 5.91 Å². The molecule has 1 aromatic heterocycles. The zero-order valence-corrected chi connectivity index (χ0v) is 18.1. The van der Waals surface area contributed by atoms with Crippen LogP contribution in [-0.2, 0) is 6.54 Å². The highest BCUT2D eigenvalue weighted by Gasteiger charge is 2.18. The van der Waals surface area contributed by atoms with E-state index in [1.54, 1.807) is 18.2 Å². The lowest BCUT2D eigenvalue weighted by atomic mass is 10.2. The summed E-state index contributed by atoms with van der Waals surface area (Å²) < 4.78 is 5.97. The monoisotopic (exact) mass is 427 g/mol. The molecule has 0 radical (unpaired) electrons. The molecule has 3 rings (SSSR count). The van der Waals surface area contributed by atoms with Gasteiger partial charge in [-0.25, -0.2) is 0 Å². The minimum absolute atomic E-state index is 0.294. The molecule has 0 spiro atoms. The highest BCUT2D eigenvalue weighted by Crippen LogP contribution is 2.32. The van der Waals surface area contributed by atoms with Gasteiger partial charge < -0.3 is 15.5 Å². The molecule has 0 fully saturated rings. The van der Waals surface area contributed by atoms with Crippen LogP contribution < -0.4 is 10.5 Å². The highest BCUT2D eigenvalue weighted by atomic mass is 35.5. The van der Waals surface area contributed by atoms with Gasteiger partial charge in [0.25, 0.3) is 5.91 Å². The molecule has 0 aliphatic rings. The van der Waals surface area contributed by atoms with Gasteiger partial charge in [-0.3, -0.25) is 20.0 Å². The Morgan fingerprint density at radius 2 is 1.80 bits per heavy atom. The van der Waals surface area contributed by atoms with E-state index in [9.17, 15) is 4.79 Å². The van der Waals surface area contributed by atoms with Gasteiger partial charge in [-0.2, -0.15) is 0 Å². The molecule has 0 atom stereocenters. The van der Waals surface area contributed by atoms with Gasteiger partial charge in [0, 0.05) is 31.1 Å². The van der Waals surface area contributed by atoms with Gasteiger partial charge in [-0.05, 0) is 36.9 Å². The molecule has 0 saturated carbocycles. The molecule has 1 amide bonds. The van der Waals surface area contributed by atoms with E-state index in [1.807, 2.05) is 12.1 Å². The van der Waals surface area contributed by atoms with Crippen molar-refractivity contribution >= 4 is 34.4 Å². The number of aromatic nitrogens is 1. The Kier molecular flexibility index (Phi) is 6.64. The van der Waals surface area contributed by atoms with Gasteiger partial charge in [0.1, 0.15) is 17.2 Å². The Bertz CT molecular complexity index is 1060. The van der Waals surface area contributed by atoms with Crippen molar-refractivity contribution < 1.29 is 9.53 Å². The molecule has 0 aliphatic carbocycles. The third kappa shape index (κ3) is 4.75. The molecule has 0 aliphatic heterocycles. The summed E-state index contributed by atoms with van der Waals surface area (Å²) in [4.78, 5) is 18.8. The van der Waals surface area contributed by atoms with Crippen molar-refractivity contribution in [1.82, 2.24) is 14.8 Å². The van der Waals surface area contributed by atoms with Crippen LogP contribution in [0.4, 0.5) is 0 Å². The molecule has 7 nitrogen and oxygen atoms in total. The minimum atomic E-state index is -0.416. The summed E-state index contributed by atoms with van der Waals surface area (Å²) >= 11 is 6.41. The van der Waals surface area contributed by atoms with E-state index in [2.05, 4.69) is 35.9 Å². The lowest BCUT2D eigenvalue weighted by Gasteiger charge is -2.18. The quantitative estimate of drug-likeness (QED) is 0.384. The number of H-pyrrole nitrogens is 1. The number of fused-ring (bicyclic) bond motifs is 1. The van der Waals surface area contributed by atoms with Crippen LogP contribution in [0.1, 0.15) is 29.9 Å². The molecule has 2 aromatic carbocycles. The zero-order chi connectivity index (χ0) is 21.8. The number of rotatable bonds is 7. The average molecular weight is 428 g/mol. The fraction of sp³-hybridized carbons (Fsp3) is 0.273. The molecule has 1 heterocycles. The SMILES string of the molecule is CCN(CC)Cc1ccc(Oc2cc(Cl)c3cc(C(=O)N(C)C(=N)N)[nH]c3c2)cc1. The van der Waals surface area contributed by atoms with E-state index in [0.29, 0.717) is 33.1 Å². The van der Waals surface area contributed by atoms with Crippen LogP contribution in [0.3, 0.4) is 0 Å². The van der Waals surface area contributed by atoms with Crippen molar-refractivity contribution in [2.24, 2.45) is 5.73 Å². The number of nitrogens with two attached hydrogens (primary N) is 1. The van der Waals surface area contributed by atoms with E-state index in [-0.39, 0.29) is 5.96 Å². The van der Waals surface area contributed by atoms with Crippen LogP contribution in [0.15, 0.2) is 42.5 Å². The fourth-order valence-corrected chi connectivity index (χ4v) is 3.40. The Labute approximate surface area is 180 Å². The number of guanidine groups is 1. The van der Waals surface area contributed by atoms with E-state index in [1.165, 1.54) is 12.6 Å². The first kappa shape index (κ1) is 21.7. The van der Waals surface area contributed by atoms with Crippen LogP contribution in [-0.4, -0.2) is 46.8 Å². The first-order valence-corrected chi connectivity index (χ1v) is 10.1. The smallest absolute Gasteiger partial charge is 0.276 e. The summed E-state index contributed by atoms with van der Waals surface area (Å²) in [7, 11) is 1.44. The highest BCUT2D eigenvalue weighted by molar-refractivity contribution is 6.35. The number of ether oxygens (including phenoxy) is 1. The van der Waals surface area contributed by atoms with Gasteiger partial charge in [-0.15, -0.1) is 0 Å². The van der Waals surface area contributed by atoms with Gasteiger partial charge in [0.2, 0.25) is 0 Å². The normalized spacial score (nSPS) is 11.1. The first-order chi connectivity index (χ1) is 14.3. The standard InChI is InChI=1S/C22H26ClN5O2/c1-4-28(5-2)13-14-6-8-15(9-7-14)30-16-10-18(23)17-12-20(26-19(17)11-16)21(29)27(3)22(24)25/h6-12,26H,4-5,13H2,1-3H3,(H3,24,25). The summed E-state index contributed by atoms with van der Waals surface area (Å²) in [6.07, 6.45) is 0. The second-order valence-corrected chi connectivity index (χ2v) is 7.41. The number of benzene rings is 2. The van der Waals surface area contributed by atoms with Crippen molar-refractivity contribution in [3.05, 3.63) is 58.7 Å². The summed E-state index contributed by atoms with van der Waals surface area (Å²) in [5.41, 5.74) is 7.57. The predicted octanol–water partition coefficient (Wildman–Crippen LogP) is 4.42.